The van der Waals surface area contributed by atoms with Crippen molar-refractivity contribution in [3.63, 3.8) is 0 Å². The second-order valence-corrected chi connectivity index (χ2v) is 6.15. The number of hydrogen-bond acceptors (Lipinski definition) is 2. The van der Waals surface area contributed by atoms with E-state index >= 15 is 0 Å². The average molecular weight is 247 g/mol. The lowest BCUT2D eigenvalue weighted by molar-refractivity contribution is 0.0384. The molecule has 100 valence electrons. The fourth-order valence-electron chi connectivity index (χ4n) is 2.31. The lowest BCUT2D eigenvalue weighted by Gasteiger charge is -2.26. The van der Waals surface area contributed by atoms with Gasteiger partial charge in [0.2, 0.25) is 0 Å². The molecule has 0 N–H and O–H groups in total. The molecule has 1 saturated heterocycles. The molecule has 1 aliphatic heterocycles. The molecular weight excluding hydrogens is 222 g/mol. The summed E-state index contributed by atoms with van der Waals surface area (Å²) in [5.74, 6) is 0. The highest BCUT2D eigenvalue weighted by atomic mass is 16.5. The van der Waals surface area contributed by atoms with E-state index in [1.54, 1.807) is 0 Å². The van der Waals surface area contributed by atoms with Crippen molar-refractivity contribution < 1.29 is 4.74 Å². The van der Waals surface area contributed by atoms with Gasteiger partial charge in [0.15, 0.2) is 0 Å². The van der Waals surface area contributed by atoms with Gasteiger partial charge in [-0.2, -0.15) is 0 Å². The van der Waals surface area contributed by atoms with Gasteiger partial charge in [0.25, 0.3) is 0 Å². The predicted octanol–water partition coefficient (Wildman–Crippen LogP) is 2.86. The van der Waals surface area contributed by atoms with Gasteiger partial charge in [-0.25, -0.2) is 0 Å². The number of morpholine rings is 1. The molecule has 0 unspecified atom stereocenters. The van der Waals surface area contributed by atoms with Crippen molar-refractivity contribution in [3.8, 4) is 0 Å². The number of benzene rings is 1. The molecule has 0 atom stereocenters. The topological polar surface area (TPSA) is 12.5 Å². The van der Waals surface area contributed by atoms with Crippen LogP contribution in [0.1, 0.15) is 31.9 Å². The summed E-state index contributed by atoms with van der Waals surface area (Å²) in [6, 6.07) is 9.03. The van der Waals surface area contributed by atoms with Gasteiger partial charge in [-0.3, -0.25) is 4.90 Å². The van der Waals surface area contributed by atoms with E-state index in [1.807, 2.05) is 0 Å². The van der Waals surface area contributed by atoms with E-state index in [9.17, 15) is 0 Å². The summed E-state index contributed by atoms with van der Waals surface area (Å²) in [6.45, 7) is 11.9. The molecular formula is C16H25NO. The maximum Gasteiger partial charge on any atom is 0.0594 e. The van der Waals surface area contributed by atoms with Crippen LogP contribution in [-0.2, 0) is 16.6 Å². The van der Waals surface area contributed by atoms with Crippen molar-refractivity contribution in [2.75, 3.05) is 32.8 Å². The molecule has 0 spiro atoms. The zero-order chi connectivity index (χ0) is 13.0. The highest BCUT2D eigenvalue weighted by Gasteiger charge is 2.14. The van der Waals surface area contributed by atoms with Crippen LogP contribution in [0.5, 0.6) is 0 Å². The Hall–Kier alpha value is -0.860. The molecule has 0 bridgehead atoms. The third kappa shape index (κ3) is 3.82. The molecule has 18 heavy (non-hydrogen) atoms. The van der Waals surface area contributed by atoms with Crippen LogP contribution in [0.2, 0.25) is 0 Å². The minimum Gasteiger partial charge on any atom is -0.379 e. The molecule has 1 fully saturated rings. The Morgan fingerprint density at radius 2 is 1.89 bits per heavy atom. The van der Waals surface area contributed by atoms with Crippen LogP contribution >= 0.6 is 0 Å². The first-order valence-corrected chi connectivity index (χ1v) is 6.95. The van der Waals surface area contributed by atoms with Gasteiger partial charge >= 0.3 is 0 Å². The summed E-state index contributed by atoms with van der Waals surface area (Å²) in [5.41, 5.74) is 3.13. The van der Waals surface area contributed by atoms with Crippen LogP contribution in [0.3, 0.4) is 0 Å². The van der Waals surface area contributed by atoms with E-state index in [2.05, 4.69) is 49.9 Å². The summed E-state index contributed by atoms with van der Waals surface area (Å²) < 4.78 is 5.37. The maximum atomic E-state index is 5.37. The van der Waals surface area contributed by atoms with Crippen molar-refractivity contribution in [1.82, 2.24) is 4.90 Å². The second-order valence-electron chi connectivity index (χ2n) is 6.15. The van der Waals surface area contributed by atoms with Crippen molar-refractivity contribution >= 4 is 0 Å². The van der Waals surface area contributed by atoms with Gasteiger partial charge in [0, 0.05) is 19.6 Å². The Balaban J connectivity index is 1.92. The van der Waals surface area contributed by atoms with Crippen LogP contribution in [0.25, 0.3) is 0 Å². The van der Waals surface area contributed by atoms with Gasteiger partial charge in [-0.15, -0.1) is 0 Å². The smallest absolute Gasteiger partial charge is 0.0594 e. The van der Waals surface area contributed by atoms with Gasteiger partial charge in [-0.1, -0.05) is 45.0 Å². The lowest BCUT2D eigenvalue weighted by Crippen LogP contribution is -2.37. The number of hydrogen-bond donors (Lipinski definition) is 0. The van der Waals surface area contributed by atoms with Gasteiger partial charge < -0.3 is 4.74 Å². The quantitative estimate of drug-likeness (QED) is 0.814. The lowest BCUT2D eigenvalue weighted by atomic mass is 9.86. The monoisotopic (exact) mass is 247 g/mol. The average Bonchev–Trinajstić information content (AvgIpc) is 2.37. The first kappa shape index (κ1) is 13.6. The Labute approximate surface area is 111 Å². The molecule has 1 aromatic rings. The SMILES string of the molecule is CC(C)(C)c1cccc(CCN2CCOCC2)c1. The summed E-state index contributed by atoms with van der Waals surface area (Å²) in [4.78, 5) is 2.49. The molecule has 2 heteroatoms. The standard InChI is InChI=1S/C16H25NO/c1-16(2,3)15-6-4-5-14(13-15)7-8-17-9-11-18-12-10-17/h4-6,13H,7-12H2,1-3H3. The third-order valence-electron chi connectivity index (χ3n) is 3.61. The Morgan fingerprint density at radius 1 is 1.17 bits per heavy atom. The van der Waals surface area contributed by atoms with Gasteiger partial charge in [-0.05, 0) is 23.0 Å². The molecule has 1 aromatic carbocycles. The third-order valence-corrected chi connectivity index (χ3v) is 3.61. The zero-order valence-electron chi connectivity index (χ0n) is 11.9. The van der Waals surface area contributed by atoms with Crippen molar-refractivity contribution in [2.45, 2.75) is 32.6 Å². The van der Waals surface area contributed by atoms with Crippen molar-refractivity contribution in [2.24, 2.45) is 0 Å². The maximum absolute atomic E-state index is 5.37. The van der Waals surface area contributed by atoms with E-state index in [0.717, 1.165) is 39.3 Å². The van der Waals surface area contributed by atoms with E-state index in [1.165, 1.54) is 11.1 Å². The minimum absolute atomic E-state index is 0.245. The first-order valence-electron chi connectivity index (χ1n) is 6.95. The van der Waals surface area contributed by atoms with E-state index < -0.39 is 0 Å². The molecule has 0 aromatic heterocycles. The molecule has 0 radical (unpaired) electrons. The molecule has 2 nitrogen and oxygen atoms in total. The van der Waals surface area contributed by atoms with Gasteiger partial charge in [0.1, 0.15) is 0 Å². The van der Waals surface area contributed by atoms with Crippen LogP contribution < -0.4 is 0 Å². The normalized spacial score (nSPS) is 17.9. The second kappa shape index (κ2) is 5.85. The highest BCUT2D eigenvalue weighted by Crippen LogP contribution is 2.23. The van der Waals surface area contributed by atoms with E-state index in [4.69, 9.17) is 4.74 Å². The van der Waals surface area contributed by atoms with Crippen LogP contribution in [0.4, 0.5) is 0 Å². The van der Waals surface area contributed by atoms with Crippen molar-refractivity contribution in [1.29, 1.82) is 0 Å². The molecule has 0 amide bonds. The van der Waals surface area contributed by atoms with Crippen LogP contribution in [-0.4, -0.2) is 37.7 Å². The largest absolute Gasteiger partial charge is 0.379 e. The summed E-state index contributed by atoms with van der Waals surface area (Å²) in [7, 11) is 0. The zero-order valence-corrected chi connectivity index (χ0v) is 11.9. The number of nitrogens with zero attached hydrogens (tertiary/aromatic N) is 1. The van der Waals surface area contributed by atoms with E-state index in [-0.39, 0.29) is 5.41 Å². The highest BCUT2D eigenvalue weighted by molar-refractivity contribution is 5.28. The fraction of sp³-hybridized carbons (Fsp3) is 0.625. The Morgan fingerprint density at radius 3 is 2.56 bits per heavy atom. The number of rotatable bonds is 3. The first-order chi connectivity index (χ1) is 8.55. The molecule has 2 rings (SSSR count). The molecule has 0 aliphatic carbocycles. The number of ether oxygens (including phenoxy) is 1. The van der Waals surface area contributed by atoms with Crippen LogP contribution in [0.15, 0.2) is 24.3 Å². The molecule has 0 saturated carbocycles. The van der Waals surface area contributed by atoms with Crippen LogP contribution in [0, 0.1) is 0 Å². The van der Waals surface area contributed by atoms with Crippen molar-refractivity contribution in [3.05, 3.63) is 35.4 Å². The molecule has 1 aliphatic rings. The van der Waals surface area contributed by atoms with E-state index in [0.29, 0.717) is 0 Å². The minimum atomic E-state index is 0.245. The Bertz CT molecular complexity index is 375. The Kier molecular flexibility index (Phi) is 4.41. The molecule has 1 heterocycles. The van der Waals surface area contributed by atoms with Gasteiger partial charge in [0.05, 0.1) is 13.2 Å². The summed E-state index contributed by atoms with van der Waals surface area (Å²) in [6.07, 6.45) is 1.14. The fourth-order valence-corrected chi connectivity index (χ4v) is 2.31. The summed E-state index contributed by atoms with van der Waals surface area (Å²) >= 11 is 0. The predicted molar refractivity (Wildman–Crippen MR) is 76.1 cm³/mol. The summed E-state index contributed by atoms with van der Waals surface area (Å²) in [5, 5.41) is 0.